The third-order valence-electron chi connectivity index (χ3n) is 3.17. The monoisotopic (exact) mass is 260 g/mol. The van der Waals surface area contributed by atoms with Crippen molar-refractivity contribution in [3.8, 4) is 0 Å². The predicted molar refractivity (Wildman–Crippen MR) is 78.1 cm³/mol. The van der Waals surface area contributed by atoms with Gasteiger partial charge in [-0.3, -0.25) is 0 Å². The Hall–Kier alpha value is -1.12. The van der Waals surface area contributed by atoms with Crippen LogP contribution in [0.5, 0.6) is 0 Å². The molecular weight excluding hydrogens is 240 g/mol. The third-order valence-corrected chi connectivity index (χ3v) is 3.90. The molecule has 2 heteroatoms. The Labute approximate surface area is 113 Å². The summed E-state index contributed by atoms with van der Waals surface area (Å²) in [6, 6.07) is 10.4. The van der Waals surface area contributed by atoms with Crippen LogP contribution in [0, 0.1) is 0 Å². The largest absolute Gasteiger partial charge is 0.388 e. The summed E-state index contributed by atoms with van der Waals surface area (Å²) in [6.07, 6.45) is 0.284. The van der Waals surface area contributed by atoms with Gasteiger partial charge < -0.3 is 5.11 Å². The van der Waals surface area contributed by atoms with Crippen molar-refractivity contribution in [3.63, 3.8) is 0 Å². The Bertz CT molecular complexity index is 477. The van der Waals surface area contributed by atoms with Crippen LogP contribution in [0.1, 0.15) is 43.6 Å². The molecule has 18 heavy (non-hydrogen) atoms. The van der Waals surface area contributed by atoms with E-state index in [0.29, 0.717) is 6.42 Å². The number of hydrogen-bond acceptors (Lipinski definition) is 2. The van der Waals surface area contributed by atoms with Crippen molar-refractivity contribution < 1.29 is 5.11 Å². The van der Waals surface area contributed by atoms with E-state index in [0.717, 1.165) is 5.56 Å². The highest BCUT2D eigenvalue weighted by molar-refractivity contribution is 7.07. The van der Waals surface area contributed by atoms with E-state index in [2.05, 4.69) is 44.4 Å². The lowest BCUT2D eigenvalue weighted by atomic mass is 9.86. The zero-order valence-corrected chi connectivity index (χ0v) is 12.0. The Morgan fingerprint density at radius 1 is 1.11 bits per heavy atom. The molecule has 0 aliphatic rings. The fourth-order valence-electron chi connectivity index (χ4n) is 1.96. The molecule has 0 amide bonds. The summed E-state index contributed by atoms with van der Waals surface area (Å²) >= 11 is 1.67. The summed E-state index contributed by atoms with van der Waals surface area (Å²) in [5.41, 5.74) is 3.66. The number of hydrogen-bond donors (Lipinski definition) is 1. The van der Waals surface area contributed by atoms with Gasteiger partial charge >= 0.3 is 0 Å². The average molecular weight is 260 g/mol. The van der Waals surface area contributed by atoms with Gasteiger partial charge in [-0.25, -0.2) is 0 Å². The number of rotatable bonds is 3. The zero-order valence-electron chi connectivity index (χ0n) is 11.2. The molecule has 2 rings (SSSR count). The van der Waals surface area contributed by atoms with Crippen molar-refractivity contribution in [1.29, 1.82) is 0 Å². The number of benzene rings is 1. The highest BCUT2D eigenvalue weighted by atomic mass is 32.1. The molecule has 0 fully saturated rings. The van der Waals surface area contributed by atoms with Gasteiger partial charge in [0, 0.05) is 6.42 Å². The third kappa shape index (κ3) is 3.21. The van der Waals surface area contributed by atoms with Crippen LogP contribution in [0.2, 0.25) is 0 Å². The van der Waals surface area contributed by atoms with E-state index in [-0.39, 0.29) is 5.41 Å². The molecule has 1 atom stereocenters. The maximum Gasteiger partial charge on any atom is 0.0830 e. The molecule has 0 saturated carbocycles. The average Bonchev–Trinajstić information content (AvgIpc) is 2.81. The molecule has 0 radical (unpaired) electrons. The van der Waals surface area contributed by atoms with Gasteiger partial charge in [0.05, 0.1) is 6.10 Å². The first kappa shape index (κ1) is 13.3. The van der Waals surface area contributed by atoms with Gasteiger partial charge in [0.2, 0.25) is 0 Å². The molecule has 1 nitrogen and oxygen atoms in total. The van der Waals surface area contributed by atoms with Crippen molar-refractivity contribution >= 4 is 11.3 Å². The van der Waals surface area contributed by atoms with E-state index in [1.165, 1.54) is 11.1 Å². The van der Waals surface area contributed by atoms with E-state index in [1.807, 2.05) is 17.5 Å². The van der Waals surface area contributed by atoms with E-state index in [4.69, 9.17) is 0 Å². The number of aliphatic hydroxyl groups is 1. The smallest absolute Gasteiger partial charge is 0.0830 e. The minimum Gasteiger partial charge on any atom is -0.388 e. The standard InChI is InChI=1S/C16H20OS/c1-16(2,3)14-6-4-13(5-7-14)15(17)10-12-8-9-18-11-12/h4-9,11,15,17H,10H2,1-3H3. The van der Waals surface area contributed by atoms with Crippen LogP contribution >= 0.6 is 11.3 Å². The van der Waals surface area contributed by atoms with Crippen LogP contribution in [0.4, 0.5) is 0 Å². The van der Waals surface area contributed by atoms with Crippen molar-refractivity contribution in [3.05, 3.63) is 57.8 Å². The normalized spacial score (nSPS) is 13.6. The van der Waals surface area contributed by atoms with Crippen molar-refractivity contribution in [2.75, 3.05) is 0 Å². The first-order valence-electron chi connectivity index (χ1n) is 6.26. The maximum atomic E-state index is 10.2. The van der Waals surface area contributed by atoms with E-state index in [1.54, 1.807) is 11.3 Å². The van der Waals surface area contributed by atoms with Gasteiger partial charge in [0.1, 0.15) is 0 Å². The predicted octanol–water partition coefficient (Wildman–Crippen LogP) is 4.32. The lowest BCUT2D eigenvalue weighted by molar-refractivity contribution is 0.178. The van der Waals surface area contributed by atoms with Gasteiger partial charge in [0.15, 0.2) is 0 Å². The lowest BCUT2D eigenvalue weighted by Crippen LogP contribution is -2.11. The summed E-state index contributed by atoms with van der Waals surface area (Å²) < 4.78 is 0. The molecule has 0 aliphatic heterocycles. The van der Waals surface area contributed by atoms with Crippen LogP contribution in [-0.4, -0.2) is 5.11 Å². The minimum atomic E-state index is -0.409. The molecule has 0 aliphatic carbocycles. The van der Waals surface area contributed by atoms with Crippen LogP contribution in [-0.2, 0) is 11.8 Å². The van der Waals surface area contributed by atoms with Crippen molar-refractivity contribution in [2.24, 2.45) is 0 Å². The zero-order chi connectivity index (χ0) is 13.2. The quantitative estimate of drug-likeness (QED) is 0.871. The molecule has 0 spiro atoms. The molecule has 1 aromatic carbocycles. The molecule has 96 valence electrons. The van der Waals surface area contributed by atoms with Gasteiger partial charge in [-0.2, -0.15) is 11.3 Å². The summed E-state index contributed by atoms with van der Waals surface area (Å²) in [4.78, 5) is 0. The summed E-state index contributed by atoms with van der Waals surface area (Å²) in [7, 11) is 0. The van der Waals surface area contributed by atoms with Gasteiger partial charge in [-0.15, -0.1) is 0 Å². The van der Waals surface area contributed by atoms with Crippen LogP contribution in [0.25, 0.3) is 0 Å². The fourth-order valence-corrected chi connectivity index (χ4v) is 2.64. The maximum absolute atomic E-state index is 10.2. The van der Waals surface area contributed by atoms with E-state index >= 15 is 0 Å². The van der Waals surface area contributed by atoms with Crippen LogP contribution in [0.15, 0.2) is 41.1 Å². The molecule has 1 unspecified atom stereocenters. The first-order valence-corrected chi connectivity index (χ1v) is 7.20. The van der Waals surface area contributed by atoms with Crippen LogP contribution < -0.4 is 0 Å². The highest BCUT2D eigenvalue weighted by Gasteiger charge is 2.14. The first-order chi connectivity index (χ1) is 8.47. The second kappa shape index (κ2) is 5.25. The number of thiophene rings is 1. The van der Waals surface area contributed by atoms with Gasteiger partial charge in [0.25, 0.3) is 0 Å². The van der Waals surface area contributed by atoms with Crippen molar-refractivity contribution in [1.82, 2.24) is 0 Å². The fraction of sp³-hybridized carbons (Fsp3) is 0.375. The topological polar surface area (TPSA) is 20.2 Å². The molecule has 0 saturated heterocycles. The summed E-state index contributed by atoms with van der Waals surface area (Å²) in [5, 5.41) is 14.3. The van der Waals surface area contributed by atoms with E-state index < -0.39 is 6.10 Å². The van der Waals surface area contributed by atoms with Gasteiger partial charge in [-0.05, 0) is 38.9 Å². The Morgan fingerprint density at radius 2 is 1.78 bits per heavy atom. The minimum absolute atomic E-state index is 0.164. The molecule has 0 bridgehead atoms. The van der Waals surface area contributed by atoms with Crippen molar-refractivity contribution in [2.45, 2.75) is 38.7 Å². The summed E-state index contributed by atoms with van der Waals surface area (Å²) in [5.74, 6) is 0. The highest BCUT2D eigenvalue weighted by Crippen LogP contribution is 2.25. The van der Waals surface area contributed by atoms with E-state index in [9.17, 15) is 5.11 Å². The Balaban J connectivity index is 2.10. The van der Waals surface area contributed by atoms with Gasteiger partial charge in [-0.1, -0.05) is 45.0 Å². The molecule has 2 aromatic rings. The Morgan fingerprint density at radius 3 is 2.28 bits per heavy atom. The molecule has 1 N–H and O–H groups in total. The second-order valence-electron chi connectivity index (χ2n) is 5.72. The second-order valence-corrected chi connectivity index (χ2v) is 6.50. The SMILES string of the molecule is CC(C)(C)c1ccc(C(O)Cc2ccsc2)cc1. The Kier molecular flexibility index (Phi) is 3.88. The summed E-state index contributed by atoms with van der Waals surface area (Å²) in [6.45, 7) is 6.59. The molecule has 1 aromatic heterocycles. The molecule has 1 heterocycles. The molecular formula is C16H20OS. The van der Waals surface area contributed by atoms with Crippen LogP contribution in [0.3, 0.4) is 0 Å². The number of aliphatic hydroxyl groups excluding tert-OH is 1. The lowest BCUT2D eigenvalue weighted by Gasteiger charge is -2.20.